The lowest BCUT2D eigenvalue weighted by Gasteiger charge is -2.06. The number of likely N-dealkylation sites (N-methyl/N-ethyl adjacent to an activating group) is 1. The van der Waals surface area contributed by atoms with Crippen molar-refractivity contribution in [2.75, 3.05) is 13.6 Å². The molecule has 1 aromatic carbocycles. The number of aromatic amines is 1. The predicted molar refractivity (Wildman–Crippen MR) is 105 cm³/mol. The summed E-state index contributed by atoms with van der Waals surface area (Å²) in [5.41, 5.74) is 9.41. The van der Waals surface area contributed by atoms with E-state index in [1.54, 1.807) is 0 Å². The van der Waals surface area contributed by atoms with Crippen LogP contribution in [0.2, 0.25) is 0 Å². The molecule has 0 aliphatic heterocycles. The van der Waals surface area contributed by atoms with Crippen molar-refractivity contribution in [1.29, 1.82) is 0 Å². The highest BCUT2D eigenvalue weighted by Crippen LogP contribution is 2.39. The van der Waals surface area contributed by atoms with Crippen molar-refractivity contribution in [3.8, 4) is 33.6 Å². The van der Waals surface area contributed by atoms with Gasteiger partial charge in [-0.05, 0) is 30.3 Å². The van der Waals surface area contributed by atoms with E-state index in [4.69, 9.17) is 5.10 Å². The number of hydrogen-bond acceptors (Lipinski definition) is 4. The van der Waals surface area contributed by atoms with Gasteiger partial charge in [0, 0.05) is 53.8 Å². The lowest BCUT2D eigenvalue weighted by atomic mass is 9.98. The summed E-state index contributed by atoms with van der Waals surface area (Å²) < 4.78 is 2.02. The van der Waals surface area contributed by atoms with E-state index in [0.717, 1.165) is 42.0 Å². The Labute approximate surface area is 157 Å². The quantitative estimate of drug-likeness (QED) is 0.507. The maximum absolute atomic E-state index is 4.85. The second-order valence-electron chi connectivity index (χ2n) is 6.81. The average molecular weight is 356 g/mol. The third kappa shape index (κ3) is 2.74. The Balaban J connectivity index is 1.59. The van der Waals surface area contributed by atoms with Crippen LogP contribution in [0.25, 0.3) is 33.6 Å². The van der Waals surface area contributed by atoms with E-state index in [1.807, 2.05) is 42.5 Å². The molecule has 27 heavy (non-hydrogen) atoms. The Bertz CT molecular complexity index is 1090. The number of nitrogens with one attached hydrogen (secondary N) is 2. The molecule has 0 bridgehead atoms. The van der Waals surface area contributed by atoms with Crippen LogP contribution in [0.15, 0.2) is 55.1 Å². The molecular weight excluding hydrogens is 336 g/mol. The third-order valence-corrected chi connectivity index (χ3v) is 5.09. The van der Waals surface area contributed by atoms with Crippen molar-refractivity contribution >= 4 is 0 Å². The van der Waals surface area contributed by atoms with E-state index >= 15 is 0 Å². The molecule has 0 spiro atoms. The number of H-pyrrole nitrogens is 1. The zero-order chi connectivity index (χ0) is 18.2. The second kappa shape index (κ2) is 6.48. The Morgan fingerprint density at radius 2 is 1.96 bits per heavy atom. The van der Waals surface area contributed by atoms with Crippen LogP contribution in [0.4, 0.5) is 0 Å². The zero-order valence-electron chi connectivity index (χ0n) is 15.1. The standard InChI is InChI=1S/C21H20N6/c1-22-8-9-27-13-19(21(26-27)14-4-6-23-7-5-14)15-2-3-18-16(10-15)11-17-12-24-25-20(17)18/h2-7,10,12-13,22H,8-9,11H2,1H3,(H,24,25). The third-order valence-electron chi connectivity index (χ3n) is 5.09. The minimum atomic E-state index is 0.829. The largest absolute Gasteiger partial charge is 0.318 e. The number of fused-ring (bicyclic) bond motifs is 3. The fraction of sp³-hybridized carbons (Fsp3) is 0.190. The van der Waals surface area contributed by atoms with Crippen molar-refractivity contribution in [3.63, 3.8) is 0 Å². The molecule has 0 saturated carbocycles. The number of aromatic nitrogens is 5. The number of nitrogens with zero attached hydrogens (tertiary/aromatic N) is 4. The van der Waals surface area contributed by atoms with E-state index in [-0.39, 0.29) is 0 Å². The summed E-state index contributed by atoms with van der Waals surface area (Å²) in [7, 11) is 1.96. The molecule has 0 fully saturated rings. The number of rotatable bonds is 5. The summed E-state index contributed by atoms with van der Waals surface area (Å²) >= 11 is 0. The van der Waals surface area contributed by atoms with E-state index in [1.165, 1.54) is 22.3 Å². The molecular formula is C21H20N6. The molecule has 6 heteroatoms. The van der Waals surface area contributed by atoms with Crippen LogP contribution >= 0.6 is 0 Å². The van der Waals surface area contributed by atoms with Crippen molar-refractivity contribution in [3.05, 3.63) is 66.2 Å². The zero-order valence-corrected chi connectivity index (χ0v) is 15.1. The highest BCUT2D eigenvalue weighted by Gasteiger charge is 2.22. The van der Waals surface area contributed by atoms with Gasteiger partial charge in [-0.1, -0.05) is 18.2 Å². The first-order chi connectivity index (χ1) is 13.3. The van der Waals surface area contributed by atoms with Gasteiger partial charge >= 0.3 is 0 Å². The molecule has 3 aromatic heterocycles. The smallest absolute Gasteiger partial charge is 0.100 e. The first kappa shape index (κ1) is 16.0. The van der Waals surface area contributed by atoms with Crippen LogP contribution in [-0.2, 0) is 13.0 Å². The molecule has 0 unspecified atom stereocenters. The monoisotopic (exact) mass is 356 g/mol. The fourth-order valence-corrected chi connectivity index (χ4v) is 3.73. The minimum absolute atomic E-state index is 0.829. The van der Waals surface area contributed by atoms with Crippen LogP contribution < -0.4 is 5.32 Å². The minimum Gasteiger partial charge on any atom is -0.318 e. The molecule has 0 radical (unpaired) electrons. The Hall–Kier alpha value is -3.25. The summed E-state index contributed by atoms with van der Waals surface area (Å²) in [5, 5.41) is 15.3. The second-order valence-corrected chi connectivity index (χ2v) is 6.81. The van der Waals surface area contributed by atoms with Crippen molar-refractivity contribution < 1.29 is 0 Å². The van der Waals surface area contributed by atoms with Gasteiger partial charge in [-0.25, -0.2) is 0 Å². The summed E-state index contributed by atoms with van der Waals surface area (Å²) in [6.45, 7) is 1.71. The molecule has 4 aromatic rings. The van der Waals surface area contributed by atoms with Gasteiger partial charge in [0.25, 0.3) is 0 Å². The summed E-state index contributed by atoms with van der Waals surface area (Å²) in [6, 6.07) is 10.7. The van der Waals surface area contributed by atoms with Gasteiger partial charge in [-0.3, -0.25) is 14.8 Å². The van der Waals surface area contributed by atoms with Crippen LogP contribution in [0.5, 0.6) is 0 Å². The Kier molecular flexibility index (Phi) is 3.83. The number of benzene rings is 1. The van der Waals surface area contributed by atoms with Crippen LogP contribution in [0, 0.1) is 0 Å². The maximum atomic E-state index is 4.85. The van der Waals surface area contributed by atoms with Crippen LogP contribution in [0.3, 0.4) is 0 Å². The molecule has 134 valence electrons. The molecule has 3 heterocycles. The van der Waals surface area contributed by atoms with Gasteiger partial charge in [-0.15, -0.1) is 0 Å². The van der Waals surface area contributed by atoms with Gasteiger partial charge < -0.3 is 5.32 Å². The average Bonchev–Trinajstić information content (AvgIpc) is 3.40. The number of pyridine rings is 1. The van der Waals surface area contributed by atoms with E-state index in [2.05, 4.69) is 44.9 Å². The van der Waals surface area contributed by atoms with Crippen molar-refractivity contribution in [2.24, 2.45) is 0 Å². The molecule has 0 saturated heterocycles. The SMILES string of the molecule is CNCCn1cc(-c2ccc3c(c2)Cc2cn[nH]c2-3)c(-c2ccncc2)n1. The summed E-state index contributed by atoms with van der Waals surface area (Å²) in [4.78, 5) is 4.14. The topological polar surface area (TPSA) is 71.4 Å². The van der Waals surface area contributed by atoms with Crippen molar-refractivity contribution in [1.82, 2.24) is 30.3 Å². The van der Waals surface area contributed by atoms with Crippen LogP contribution in [0.1, 0.15) is 11.1 Å². The first-order valence-corrected chi connectivity index (χ1v) is 9.12. The molecule has 5 rings (SSSR count). The van der Waals surface area contributed by atoms with Crippen molar-refractivity contribution in [2.45, 2.75) is 13.0 Å². The van der Waals surface area contributed by atoms with Gasteiger partial charge in [0.1, 0.15) is 5.69 Å². The molecule has 6 nitrogen and oxygen atoms in total. The van der Waals surface area contributed by atoms with E-state index in [9.17, 15) is 0 Å². The predicted octanol–water partition coefficient (Wildman–Crippen LogP) is 3.13. The molecule has 2 N–H and O–H groups in total. The first-order valence-electron chi connectivity index (χ1n) is 9.12. The van der Waals surface area contributed by atoms with E-state index < -0.39 is 0 Å². The van der Waals surface area contributed by atoms with Gasteiger partial charge in [0.2, 0.25) is 0 Å². The van der Waals surface area contributed by atoms with Crippen LogP contribution in [-0.4, -0.2) is 38.6 Å². The maximum Gasteiger partial charge on any atom is 0.100 e. The molecule has 0 atom stereocenters. The lowest BCUT2D eigenvalue weighted by Crippen LogP contribution is -2.15. The fourth-order valence-electron chi connectivity index (χ4n) is 3.73. The van der Waals surface area contributed by atoms with Gasteiger partial charge in [-0.2, -0.15) is 10.2 Å². The van der Waals surface area contributed by atoms with Gasteiger partial charge in [0.05, 0.1) is 18.4 Å². The summed E-state index contributed by atoms with van der Waals surface area (Å²) in [5.74, 6) is 0. The van der Waals surface area contributed by atoms with Gasteiger partial charge in [0.15, 0.2) is 0 Å². The normalized spacial score (nSPS) is 12.2. The van der Waals surface area contributed by atoms with E-state index in [0.29, 0.717) is 0 Å². The Morgan fingerprint density at radius 1 is 1.07 bits per heavy atom. The highest BCUT2D eigenvalue weighted by molar-refractivity contribution is 5.83. The highest BCUT2D eigenvalue weighted by atomic mass is 15.3. The molecule has 0 amide bonds. The summed E-state index contributed by atoms with van der Waals surface area (Å²) in [6.07, 6.45) is 8.62. The molecule has 1 aliphatic rings. The Morgan fingerprint density at radius 3 is 2.81 bits per heavy atom. The lowest BCUT2D eigenvalue weighted by molar-refractivity contribution is 0.586. The molecule has 1 aliphatic carbocycles. The number of hydrogen-bond donors (Lipinski definition) is 2.